The number of benzene rings is 2. The van der Waals surface area contributed by atoms with Crippen LogP contribution < -0.4 is 5.32 Å². The van der Waals surface area contributed by atoms with Gasteiger partial charge in [-0.2, -0.15) is 0 Å². The van der Waals surface area contributed by atoms with Gasteiger partial charge in [0.15, 0.2) is 0 Å². The molecule has 27 heavy (non-hydrogen) atoms. The zero-order valence-corrected chi connectivity index (χ0v) is 16.0. The second-order valence-corrected chi connectivity index (χ2v) is 8.40. The molecule has 7 heteroatoms. The van der Waals surface area contributed by atoms with E-state index in [2.05, 4.69) is 29.6 Å². The zero-order chi connectivity index (χ0) is 19.4. The Labute approximate surface area is 159 Å². The summed E-state index contributed by atoms with van der Waals surface area (Å²) in [7, 11) is -3.85. The lowest BCUT2D eigenvalue weighted by Crippen LogP contribution is -2.35. The molecule has 6 nitrogen and oxygen atoms in total. The van der Waals surface area contributed by atoms with Crippen LogP contribution in [0.5, 0.6) is 0 Å². The van der Waals surface area contributed by atoms with E-state index in [-0.39, 0.29) is 29.3 Å². The fourth-order valence-electron chi connectivity index (χ4n) is 3.02. The van der Waals surface area contributed by atoms with Crippen molar-refractivity contribution in [2.24, 2.45) is 0 Å². The van der Waals surface area contributed by atoms with Crippen molar-refractivity contribution in [2.45, 2.75) is 31.1 Å². The first-order valence-corrected chi connectivity index (χ1v) is 10.3. The van der Waals surface area contributed by atoms with Crippen molar-refractivity contribution in [3.05, 3.63) is 65.2 Å². The first kappa shape index (κ1) is 19.1. The van der Waals surface area contributed by atoms with Gasteiger partial charge in [0.05, 0.1) is 5.56 Å². The SMILES string of the molecule is Cc1ccc(CCCNC(=O)CCN2C(=O)c3ccccc3S2(=O)=O)cc1. The van der Waals surface area contributed by atoms with Crippen LogP contribution in [0.3, 0.4) is 0 Å². The number of aryl methyl sites for hydroxylation is 2. The van der Waals surface area contributed by atoms with Gasteiger partial charge in [-0.1, -0.05) is 42.0 Å². The van der Waals surface area contributed by atoms with Gasteiger partial charge in [0.2, 0.25) is 5.91 Å². The van der Waals surface area contributed by atoms with Crippen LogP contribution in [-0.4, -0.2) is 37.6 Å². The van der Waals surface area contributed by atoms with Gasteiger partial charge in [-0.05, 0) is 37.5 Å². The number of amides is 2. The summed E-state index contributed by atoms with van der Waals surface area (Å²) in [5, 5.41) is 2.78. The number of carbonyl (C=O) groups excluding carboxylic acids is 2. The van der Waals surface area contributed by atoms with E-state index in [1.54, 1.807) is 12.1 Å². The third kappa shape index (κ3) is 4.19. The van der Waals surface area contributed by atoms with Crippen LogP contribution in [0.25, 0.3) is 0 Å². The summed E-state index contributed by atoms with van der Waals surface area (Å²) in [4.78, 5) is 24.3. The Balaban J connectivity index is 1.46. The van der Waals surface area contributed by atoms with Gasteiger partial charge in [-0.25, -0.2) is 12.7 Å². The van der Waals surface area contributed by atoms with E-state index in [4.69, 9.17) is 0 Å². The molecule has 1 aliphatic rings. The Morgan fingerprint density at radius 1 is 1.07 bits per heavy atom. The average Bonchev–Trinajstić information content (AvgIpc) is 2.85. The highest BCUT2D eigenvalue weighted by molar-refractivity contribution is 7.90. The number of sulfonamides is 1. The summed E-state index contributed by atoms with van der Waals surface area (Å²) in [6.45, 7) is 2.39. The van der Waals surface area contributed by atoms with Gasteiger partial charge in [0, 0.05) is 19.5 Å². The summed E-state index contributed by atoms with van der Waals surface area (Å²) >= 11 is 0. The smallest absolute Gasteiger partial charge is 0.269 e. The molecule has 1 N–H and O–H groups in total. The molecular weight excluding hydrogens is 364 g/mol. The van der Waals surface area contributed by atoms with Gasteiger partial charge in [0.25, 0.3) is 15.9 Å². The van der Waals surface area contributed by atoms with Crippen LogP contribution in [0, 0.1) is 6.92 Å². The Bertz CT molecular complexity index is 952. The van der Waals surface area contributed by atoms with Gasteiger partial charge in [0.1, 0.15) is 4.90 Å². The van der Waals surface area contributed by atoms with E-state index in [0.717, 1.165) is 17.1 Å². The van der Waals surface area contributed by atoms with Crippen LogP contribution in [0.15, 0.2) is 53.4 Å². The second kappa shape index (κ2) is 7.92. The highest BCUT2D eigenvalue weighted by Crippen LogP contribution is 2.29. The molecule has 0 spiro atoms. The first-order valence-electron chi connectivity index (χ1n) is 8.88. The summed E-state index contributed by atoms with van der Waals surface area (Å²) < 4.78 is 25.6. The fraction of sp³-hybridized carbons (Fsp3) is 0.300. The molecule has 2 aromatic carbocycles. The third-order valence-corrected chi connectivity index (χ3v) is 6.38. The molecule has 0 radical (unpaired) electrons. The largest absolute Gasteiger partial charge is 0.356 e. The van der Waals surface area contributed by atoms with E-state index >= 15 is 0 Å². The molecule has 0 saturated heterocycles. The maximum atomic E-state index is 12.4. The molecule has 0 unspecified atom stereocenters. The highest BCUT2D eigenvalue weighted by Gasteiger charge is 2.40. The van der Waals surface area contributed by atoms with Crippen molar-refractivity contribution < 1.29 is 18.0 Å². The highest BCUT2D eigenvalue weighted by atomic mass is 32.2. The Hall–Kier alpha value is -2.67. The van der Waals surface area contributed by atoms with Gasteiger partial charge in [-0.15, -0.1) is 0 Å². The van der Waals surface area contributed by atoms with Crippen molar-refractivity contribution in [3.8, 4) is 0 Å². The lowest BCUT2D eigenvalue weighted by molar-refractivity contribution is -0.121. The van der Waals surface area contributed by atoms with E-state index in [1.807, 2.05) is 6.92 Å². The molecule has 0 bridgehead atoms. The van der Waals surface area contributed by atoms with Gasteiger partial charge < -0.3 is 5.32 Å². The molecule has 2 aromatic rings. The minimum Gasteiger partial charge on any atom is -0.356 e. The number of fused-ring (bicyclic) bond motifs is 1. The van der Waals surface area contributed by atoms with Crippen molar-refractivity contribution in [3.63, 3.8) is 0 Å². The van der Waals surface area contributed by atoms with E-state index in [9.17, 15) is 18.0 Å². The van der Waals surface area contributed by atoms with Crippen LogP contribution in [-0.2, 0) is 21.2 Å². The number of hydrogen-bond donors (Lipinski definition) is 1. The quantitative estimate of drug-likeness (QED) is 0.740. The van der Waals surface area contributed by atoms with E-state index in [0.29, 0.717) is 6.54 Å². The topological polar surface area (TPSA) is 83.6 Å². The number of hydrogen-bond acceptors (Lipinski definition) is 4. The maximum Gasteiger partial charge on any atom is 0.269 e. The van der Waals surface area contributed by atoms with E-state index in [1.165, 1.54) is 23.3 Å². The predicted molar refractivity (Wildman–Crippen MR) is 102 cm³/mol. The van der Waals surface area contributed by atoms with Gasteiger partial charge in [-0.3, -0.25) is 9.59 Å². The fourth-order valence-corrected chi connectivity index (χ4v) is 4.59. The van der Waals surface area contributed by atoms with Gasteiger partial charge >= 0.3 is 0 Å². The van der Waals surface area contributed by atoms with Crippen LogP contribution in [0.2, 0.25) is 0 Å². The lowest BCUT2D eigenvalue weighted by Gasteiger charge is -2.14. The molecule has 1 heterocycles. The number of rotatable bonds is 7. The predicted octanol–water partition coefficient (Wildman–Crippen LogP) is 2.28. The van der Waals surface area contributed by atoms with Crippen molar-refractivity contribution >= 4 is 21.8 Å². The molecule has 0 fully saturated rings. The summed E-state index contributed by atoms with van der Waals surface area (Å²) in [6.07, 6.45) is 1.60. The number of nitrogens with zero attached hydrogens (tertiary/aromatic N) is 1. The number of nitrogens with one attached hydrogen (secondary N) is 1. The van der Waals surface area contributed by atoms with Crippen LogP contribution >= 0.6 is 0 Å². The maximum absolute atomic E-state index is 12.4. The summed E-state index contributed by atoms with van der Waals surface area (Å²) in [5.41, 5.74) is 2.58. The monoisotopic (exact) mass is 386 g/mol. The average molecular weight is 386 g/mol. The molecule has 0 aliphatic carbocycles. The van der Waals surface area contributed by atoms with Crippen LogP contribution in [0.1, 0.15) is 34.3 Å². The molecule has 1 aliphatic heterocycles. The molecule has 3 rings (SSSR count). The molecule has 142 valence electrons. The van der Waals surface area contributed by atoms with Crippen LogP contribution in [0.4, 0.5) is 0 Å². The zero-order valence-electron chi connectivity index (χ0n) is 15.1. The lowest BCUT2D eigenvalue weighted by atomic mass is 10.1. The standard InChI is InChI=1S/C20H22N2O4S/c1-15-8-10-16(11-9-15)5-4-13-21-19(23)12-14-22-20(24)17-6-2-3-7-18(17)27(22,25)26/h2-3,6-11H,4-5,12-14H2,1H3,(H,21,23). The number of carbonyl (C=O) groups is 2. The summed E-state index contributed by atoms with van der Waals surface area (Å²) in [6, 6.07) is 14.3. The van der Waals surface area contributed by atoms with Crippen molar-refractivity contribution in [1.82, 2.24) is 9.62 Å². The minimum absolute atomic E-state index is 0.00788. The molecule has 0 aromatic heterocycles. The van der Waals surface area contributed by atoms with E-state index < -0.39 is 15.9 Å². The van der Waals surface area contributed by atoms with Crippen molar-refractivity contribution in [2.75, 3.05) is 13.1 Å². The first-order chi connectivity index (χ1) is 12.9. The Morgan fingerprint density at radius 3 is 2.48 bits per heavy atom. The third-order valence-electron chi connectivity index (χ3n) is 4.54. The molecule has 2 amide bonds. The minimum atomic E-state index is -3.85. The normalized spacial score (nSPS) is 14.9. The molecule has 0 atom stereocenters. The Morgan fingerprint density at radius 2 is 1.78 bits per heavy atom. The van der Waals surface area contributed by atoms with Crippen molar-refractivity contribution in [1.29, 1.82) is 0 Å². The Kier molecular flexibility index (Phi) is 5.60. The molecular formula is C20H22N2O4S. The molecule has 0 saturated carbocycles. The summed E-state index contributed by atoms with van der Waals surface area (Å²) in [5.74, 6) is -0.837. The second-order valence-electron chi connectivity index (χ2n) is 6.57.